The van der Waals surface area contributed by atoms with E-state index in [1.54, 1.807) is 0 Å². The Morgan fingerprint density at radius 1 is 1.70 bits per heavy atom. The predicted molar refractivity (Wildman–Crippen MR) is 40.5 cm³/mol. The third kappa shape index (κ3) is 2.02. The van der Waals surface area contributed by atoms with Gasteiger partial charge in [-0.1, -0.05) is 19.8 Å². The molecule has 0 saturated carbocycles. The largest absolute Gasteiger partial charge is 0.381 e. The highest BCUT2D eigenvalue weighted by Gasteiger charge is 2.27. The van der Waals surface area contributed by atoms with Crippen molar-refractivity contribution in [1.82, 2.24) is 0 Å². The van der Waals surface area contributed by atoms with Gasteiger partial charge in [-0.3, -0.25) is 0 Å². The molecule has 10 heavy (non-hydrogen) atoms. The van der Waals surface area contributed by atoms with Crippen LogP contribution in [0.5, 0.6) is 0 Å². The zero-order chi connectivity index (χ0) is 8.20. The smallest absolute Gasteiger partial charge is 0.150 e. The minimum absolute atomic E-state index is 0.0254. The molecule has 0 aromatic rings. The Balaban J connectivity index is 4.12. The maximum Gasteiger partial charge on any atom is 0.150 e. The summed E-state index contributed by atoms with van der Waals surface area (Å²) in [6, 6.07) is 0. The van der Waals surface area contributed by atoms with Crippen molar-refractivity contribution in [3.63, 3.8) is 0 Å². The number of hydrogen-bond donors (Lipinski definition) is 1. The summed E-state index contributed by atoms with van der Waals surface area (Å²) in [6.07, 6.45) is 5.11. The van der Waals surface area contributed by atoms with E-state index in [0.717, 1.165) is 0 Å². The van der Waals surface area contributed by atoms with Crippen LogP contribution in [0.3, 0.4) is 0 Å². The fraction of sp³-hybridized carbons (Fsp3) is 0.750. The van der Waals surface area contributed by atoms with E-state index < -0.39 is 5.60 Å². The number of hydrogen-bond acceptors (Lipinski definition) is 2. The SMILES string of the molecule is C#CC(O)(COC)C(C)C. The standard InChI is InChI=1S/C8H14O2/c1-5-8(9,6-10-4)7(2)3/h1,7,9H,6H2,2-4H3. The third-order valence-electron chi connectivity index (χ3n) is 1.57. The second kappa shape index (κ2) is 3.60. The molecule has 2 nitrogen and oxygen atoms in total. The van der Waals surface area contributed by atoms with E-state index in [2.05, 4.69) is 5.92 Å². The van der Waals surface area contributed by atoms with Crippen LogP contribution in [-0.4, -0.2) is 24.4 Å². The van der Waals surface area contributed by atoms with Gasteiger partial charge in [-0.2, -0.15) is 0 Å². The van der Waals surface area contributed by atoms with Gasteiger partial charge in [0.15, 0.2) is 5.60 Å². The number of ether oxygens (including phenoxy) is 1. The summed E-state index contributed by atoms with van der Waals surface area (Å²) in [7, 11) is 1.52. The van der Waals surface area contributed by atoms with E-state index in [9.17, 15) is 5.11 Å². The molecule has 0 saturated heterocycles. The Labute approximate surface area is 62.2 Å². The monoisotopic (exact) mass is 142 g/mol. The van der Waals surface area contributed by atoms with Gasteiger partial charge in [0.2, 0.25) is 0 Å². The van der Waals surface area contributed by atoms with E-state index in [0.29, 0.717) is 0 Å². The first-order valence-corrected chi connectivity index (χ1v) is 3.26. The van der Waals surface area contributed by atoms with E-state index in [-0.39, 0.29) is 12.5 Å². The third-order valence-corrected chi connectivity index (χ3v) is 1.57. The highest BCUT2D eigenvalue weighted by Crippen LogP contribution is 2.15. The molecule has 1 N–H and O–H groups in total. The van der Waals surface area contributed by atoms with Gasteiger partial charge in [0.05, 0.1) is 6.61 Å². The van der Waals surface area contributed by atoms with Crippen molar-refractivity contribution in [3.05, 3.63) is 0 Å². The van der Waals surface area contributed by atoms with Crippen molar-refractivity contribution in [2.45, 2.75) is 19.4 Å². The molecule has 0 fully saturated rings. The fourth-order valence-electron chi connectivity index (χ4n) is 0.595. The van der Waals surface area contributed by atoms with Crippen LogP contribution < -0.4 is 0 Å². The van der Waals surface area contributed by atoms with Crippen LogP contribution in [0.2, 0.25) is 0 Å². The quantitative estimate of drug-likeness (QED) is 0.586. The van der Waals surface area contributed by atoms with Gasteiger partial charge >= 0.3 is 0 Å². The summed E-state index contributed by atoms with van der Waals surface area (Å²) in [5.74, 6) is 2.33. The van der Waals surface area contributed by atoms with Crippen LogP contribution in [0.1, 0.15) is 13.8 Å². The van der Waals surface area contributed by atoms with Crippen LogP contribution >= 0.6 is 0 Å². The predicted octanol–water partition coefficient (Wildman–Crippen LogP) is 0.653. The van der Waals surface area contributed by atoms with Crippen molar-refractivity contribution in [1.29, 1.82) is 0 Å². The van der Waals surface area contributed by atoms with Crippen molar-refractivity contribution in [2.75, 3.05) is 13.7 Å². The minimum atomic E-state index is -1.10. The molecule has 58 valence electrons. The van der Waals surface area contributed by atoms with Gasteiger partial charge in [-0.15, -0.1) is 6.42 Å². The molecule has 1 atom stereocenters. The van der Waals surface area contributed by atoms with E-state index in [1.807, 2.05) is 13.8 Å². The lowest BCUT2D eigenvalue weighted by atomic mass is 9.92. The van der Waals surface area contributed by atoms with Crippen LogP contribution in [0.4, 0.5) is 0 Å². The zero-order valence-electron chi connectivity index (χ0n) is 6.72. The van der Waals surface area contributed by atoms with Crippen molar-refractivity contribution < 1.29 is 9.84 Å². The Morgan fingerprint density at radius 2 is 2.20 bits per heavy atom. The average Bonchev–Trinajstić information content (AvgIpc) is 1.88. The molecule has 0 spiro atoms. The van der Waals surface area contributed by atoms with Gasteiger partial charge < -0.3 is 9.84 Å². The molecule has 0 aliphatic heterocycles. The van der Waals surface area contributed by atoms with Gasteiger partial charge in [0, 0.05) is 7.11 Å². The molecular weight excluding hydrogens is 128 g/mol. The number of terminal acetylenes is 1. The van der Waals surface area contributed by atoms with Gasteiger partial charge in [-0.05, 0) is 5.92 Å². The Bertz CT molecular complexity index is 135. The summed E-state index contributed by atoms with van der Waals surface area (Å²) in [5.41, 5.74) is -1.10. The molecule has 0 heterocycles. The van der Waals surface area contributed by atoms with Crippen LogP contribution in [0.15, 0.2) is 0 Å². The van der Waals surface area contributed by atoms with E-state index >= 15 is 0 Å². The van der Waals surface area contributed by atoms with Gasteiger partial charge in [0.1, 0.15) is 0 Å². The molecule has 0 aliphatic rings. The topological polar surface area (TPSA) is 29.5 Å². The van der Waals surface area contributed by atoms with E-state index in [4.69, 9.17) is 11.2 Å². The molecule has 0 aromatic carbocycles. The molecule has 0 radical (unpaired) electrons. The summed E-state index contributed by atoms with van der Waals surface area (Å²) in [6.45, 7) is 3.92. The lowest BCUT2D eigenvalue weighted by Crippen LogP contribution is -2.37. The van der Waals surface area contributed by atoms with Crippen molar-refractivity contribution in [2.24, 2.45) is 5.92 Å². The maximum absolute atomic E-state index is 9.54. The first-order valence-electron chi connectivity index (χ1n) is 3.26. The number of aliphatic hydroxyl groups is 1. The van der Waals surface area contributed by atoms with E-state index in [1.165, 1.54) is 7.11 Å². The lowest BCUT2D eigenvalue weighted by Gasteiger charge is -2.24. The average molecular weight is 142 g/mol. The molecule has 0 bridgehead atoms. The molecule has 1 unspecified atom stereocenters. The Kier molecular flexibility index (Phi) is 3.41. The first kappa shape index (κ1) is 9.48. The zero-order valence-corrected chi connectivity index (χ0v) is 6.72. The normalized spacial score (nSPS) is 16.4. The molecule has 2 heteroatoms. The van der Waals surface area contributed by atoms with Gasteiger partial charge in [-0.25, -0.2) is 0 Å². The summed E-state index contributed by atoms with van der Waals surface area (Å²) in [5, 5.41) is 9.54. The maximum atomic E-state index is 9.54. The van der Waals surface area contributed by atoms with Gasteiger partial charge in [0.25, 0.3) is 0 Å². The van der Waals surface area contributed by atoms with Crippen LogP contribution in [-0.2, 0) is 4.74 Å². The highest BCUT2D eigenvalue weighted by atomic mass is 16.5. The Morgan fingerprint density at radius 3 is 2.30 bits per heavy atom. The highest BCUT2D eigenvalue weighted by molar-refractivity contribution is 5.08. The van der Waals surface area contributed by atoms with Crippen LogP contribution in [0.25, 0.3) is 0 Å². The molecular formula is C8H14O2. The number of methoxy groups -OCH3 is 1. The second-order valence-electron chi connectivity index (χ2n) is 2.66. The van der Waals surface area contributed by atoms with Crippen LogP contribution in [0, 0.1) is 18.3 Å². The first-order chi connectivity index (χ1) is 4.56. The number of rotatable bonds is 3. The lowest BCUT2D eigenvalue weighted by molar-refractivity contribution is -0.0185. The fourth-order valence-corrected chi connectivity index (χ4v) is 0.595. The molecule has 0 aliphatic carbocycles. The molecule has 0 amide bonds. The summed E-state index contributed by atoms with van der Waals surface area (Å²) in [4.78, 5) is 0. The van der Waals surface area contributed by atoms with Crippen molar-refractivity contribution >= 4 is 0 Å². The molecule has 0 aromatic heterocycles. The van der Waals surface area contributed by atoms with Crippen molar-refractivity contribution in [3.8, 4) is 12.3 Å². The minimum Gasteiger partial charge on any atom is -0.381 e. The second-order valence-corrected chi connectivity index (χ2v) is 2.66. The summed E-state index contributed by atoms with van der Waals surface area (Å²) >= 11 is 0. The summed E-state index contributed by atoms with van der Waals surface area (Å²) < 4.78 is 4.77. The molecule has 0 rings (SSSR count). The Hall–Kier alpha value is -0.520.